The molecule has 6 heteroatoms. The molecular formula is C26H34N2O4. The summed E-state index contributed by atoms with van der Waals surface area (Å²) in [7, 11) is 3.07. The Morgan fingerprint density at radius 3 is 2.06 bits per heavy atom. The van der Waals surface area contributed by atoms with Gasteiger partial charge in [0.05, 0.1) is 25.6 Å². The van der Waals surface area contributed by atoms with Crippen LogP contribution in [-0.2, 0) is 4.79 Å². The Morgan fingerprint density at radius 2 is 1.50 bits per heavy atom. The Labute approximate surface area is 190 Å². The predicted octanol–water partition coefficient (Wildman–Crippen LogP) is 5.89. The third-order valence-corrected chi connectivity index (χ3v) is 6.25. The first kappa shape index (κ1) is 23.6. The summed E-state index contributed by atoms with van der Waals surface area (Å²) in [6.07, 6.45) is 7.84. The quantitative estimate of drug-likeness (QED) is 0.512. The zero-order valence-corrected chi connectivity index (χ0v) is 19.3. The van der Waals surface area contributed by atoms with Crippen molar-refractivity contribution in [3.8, 4) is 11.5 Å². The lowest BCUT2D eigenvalue weighted by Crippen LogP contribution is -2.27. The van der Waals surface area contributed by atoms with E-state index in [9.17, 15) is 9.59 Å². The summed E-state index contributed by atoms with van der Waals surface area (Å²) in [5.41, 5.74) is 1.56. The maximum atomic E-state index is 12.9. The molecule has 32 heavy (non-hydrogen) atoms. The number of carbonyl (C=O) groups excluding carboxylic acids is 2. The molecule has 1 fully saturated rings. The topological polar surface area (TPSA) is 76.7 Å². The van der Waals surface area contributed by atoms with Gasteiger partial charge in [-0.1, -0.05) is 44.4 Å². The fourth-order valence-corrected chi connectivity index (χ4v) is 4.32. The number of methoxy groups -OCH3 is 2. The van der Waals surface area contributed by atoms with Crippen LogP contribution in [0.25, 0.3) is 0 Å². The van der Waals surface area contributed by atoms with Crippen LogP contribution in [0.4, 0.5) is 11.4 Å². The van der Waals surface area contributed by atoms with Gasteiger partial charge in [-0.25, -0.2) is 0 Å². The molecule has 0 unspecified atom stereocenters. The van der Waals surface area contributed by atoms with Crippen LogP contribution in [0.5, 0.6) is 11.5 Å². The number of anilines is 2. The highest BCUT2D eigenvalue weighted by Gasteiger charge is 2.27. The van der Waals surface area contributed by atoms with E-state index in [1.165, 1.54) is 26.4 Å². The lowest BCUT2D eigenvalue weighted by Gasteiger charge is -2.28. The number of amides is 2. The minimum Gasteiger partial charge on any atom is -0.494 e. The van der Waals surface area contributed by atoms with Crippen molar-refractivity contribution in [1.29, 1.82) is 0 Å². The van der Waals surface area contributed by atoms with Crippen molar-refractivity contribution in [2.24, 2.45) is 11.8 Å². The average molecular weight is 439 g/mol. The van der Waals surface area contributed by atoms with Crippen molar-refractivity contribution in [1.82, 2.24) is 0 Å². The molecule has 2 aromatic carbocycles. The second-order valence-electron chi connectivity index (χ2n) is 8.42. The zero-order valence-electron chi connectivity index (χ0n) is 19.3. The third kappa shape index (κ3) is 6.02. The van der Waals surface area contributed by atoms with Gasteiger partial charge in [0, 0.05) is 23.6 Å². The predicted molar refractivity (Wildman–Crippen MR) is 128 cm³/mol. The molecule has 0 aliphatic heterocycles. The molecule has 2 amide bonds. The van der Waals surface area contributed by atoms with E-state index in [1.807, 2.05) is 18.2 Å². The van der Waals surface area contributed by atoms with Crippen LogP contribution < -0.4 is 20.1 Å². The van der Waals surface area contributed by atoms with Gasteiger partial charge >= 0.3 is 0 Å². The molecule has 0 spiro atoms. The molecule has 0 aromatic heterocycles. The van der Waals surface area contributed by atoms with E-state index >= 15 is 0 Å². The molecule has 0 bridgehead atoms. The molecule has 1 saturated carbocycles. The number of hydrogen-bond acceptors (Lipinski definition) is 4. The largest absolute Gasteiger partial charge is 0.494 e. The van der Waals surface area contributed by atoms with Crippen molar-refractivity contribution in [3.05, 3.63) is 48.0 Å². The minimum atomic E-state index is -0.248. The lowest BCUT2D eigenvalue weighted by molar-refractivity contribution is -0.121. The molecule has 3 rings (SSSR count). The first-order chi connectivity index (χ1) is 15.5. The Balaban J connectivity index is 1.69. The highest BCUT2D eigenvalue weighted by molar-refractivity contribution is 6.05. The van der Waals surface area contributed by atoms with Crippen LogP contribution in [0.15, 0.2) is 42.5 Å². The number of benzene rings is 2. The third-order valence-electron chi connectivity index (χ3n) is 6.25. The summed E-state index contributed by atoms with van der Waals surface area (Å²) in [5, 5.41) is 5.88. The fourth-order valence-electron chi connectivity index (χ4n) is 4.32. The van der Waals surface area contributed by atoms with Gasteiger partial charge in [0.25, 0.3) is 5.91 Å². The Morgan fingerprint density at radius 1 is 0.906 bits per heavy atom. The highest BCUT2D eigenvalue weighted by Crippen LogP contribution is 2.38. The standard InChI is InChI=1S/C26H34N2O4/c1-4-5-9-18-12-14-20(15-13-18)26(30)28-22-17-23(31-2)21(16-24(22)32-3)27-25(29)19-10-7-6-8-11-19/h6-8,10-11,16-18,20H,4-5,9,12-15H2,1-3H3,(H,27,29)(H,28,30). The second-order valence-corrected chi connectivity index (χ2v) is 8.42. The number of ether oxygens (including phenoxy) is 2. The van der Waals surface area contributed by atoms with E-state index in [2.05, 4.69) is 17.6 Å². The first-order valence-electron chi connectivity index (χ1n) is 11.5. The van der Waals surface area contributed by atoms with Crippen LogP contribution in [0.1, 0.15) is 62.2 Å². The van der Waals surface area contributed by atoms with Crippen molar-refractivity contribution >= 4 is 23.2 Å². The minimum absolute atomic E-state index is 0.0142. The van der Waals surface area contributed by atoms with E-state index in [4.69, 9.17) is 9.47 Å². The molecule has 172 valence electrons. The van der Waals surface area contributed by atoms with Crippen LogP contribution >= 0.6 is 0 Å². The molecule has 0 heterocycles. The molecule has 2 N–H and O–H groups in total. The normalized spacial score (nSPS) is 18.0. The highest BCUT2D eigenvalue weighted by atomic mass is 16.5. The molecule has 0 radical (unpaired) electrons. The molecule has 0 saturated heterocycles. The van der Waals surface area contributed by atoms with E-state index in [0.717, 1.165) is 31.6 Å². The van der Waals surface area contributed by atoms with Gasteiger partial charge in [0.1, 0.15) is 11.5 Å². The van der Waals surface area contributed by atoms with Crippen molar-refractivity contribution in [3.63, 3.8) is 0 Å². The van der Waals surface area contributed by atoms with Crippen LogP contribution in [0, 0.1) is 11.8 Å². The van der Waals surface area contributed by atoms with Gasteiger partial charge in [0.15, 0.2) is 0 Å². The zero-order chi connectivity index (χ0) is 22.9. The Hall–Kier alpha value is -3.02. The SMILES string of the molecule is CCCCC1CCC(C(=O)Nc2cc(OC)c(NC(=O)c3ccccc3)cc2OC)CC1. The molecule has 0 atom stereocenters. The average Bonchev–Trinajstić information content (AvgIpc) is 2.84. The Bertz CT molecular complexity index is 906. The van der Waals surface area contributed by atoms with Gasteiger partial charge in [0.2, 0.25) is 5.91 Å². The number of hydrogen-bond donors (Lipinski definition) is 2. The van der Waals surface area contributed by atoms with E-state index in [1.54, 1.807) is 31.4 Å². The van der Waals surface area contributed by atoms with Crippen LogP contribution in [0.3, 0.4) is 0 Å². The maximum Gasteiger partial charge on any atom is 0.255 e. The van der Waals surface area contributed by atoms with E-state index in [0.29, 0.717) is 28.4 Å². The smallest absolute Gasteiger partial charge is 0.255 e. The van der Waals surface area contributed by atoms with E-state index in [-0.39, 0.29) is 17.7 Å². The summed E-state index contributed by atoms with van der Waals surface area (Å²) >= 11 is 0. The number of rotatable bonds is 9. The van der Waals surface area contributed by atoms with Gasteiger partial charge in [-0.05, 0) is 43.7 Å². The van der Waals surface area contributed by atoms with Gasteiger partial charge in [-0.15, -0.1) is 0 Å². The summed E-state index contributed by atoms with van der Waals surface area (Å²) in [5.74, 6) is 1.46. The lowest BCUT2D eigenvalue weighted by atomic mass is 9.79. The van der Waals surface area contributed by atoms with Crippen molar-refractivity contribution in [2.75, 3.05) is 24.9 Å². The Kier molecular flexibility index (Phi) is 8.54. The van der Waals surface area contributed by atoms with Crippen LogP contribution in [-0.4, -0.2) is 26.0 Å². The number of unbranched alkanes of at least 4 members (excludes halogenated alkanes) is 1. The summed E-state index contributed by atoms with van der Waals surface area (Å²) in [6, 6.07) is 12.3. The fraction of sp³-hybridized carbons (Fsp3) is 0.462. The van der Waals surface area contributed by atoms with Crippen molar-refractivity contribution < 1.29 is 19.1 Å². The molecule has 1 aliphatic carbocycles. The number of nitrogens with one attached hydrogen (secondary N) is 2. The number of carbonyl (C=O) groups is 2. The monoisotopic (exact) mass is 438 g/mol. The van der Waals surface area contributed by atoms with Gasteiger partial charge in [-0.3, -0.25) is 9.59 Å². The first-order valence-corrected chi connectivity index (χ1v) is 11.5. The molecular weight excluding hydrogens is 404 g/mol. The molecule has 6 nitrogen and oxygen atoms in total. The summed E-state index contributed by atoms with van der Waals surface area (Å²) in [4.78, 5) is 25.5. The van der Waals surface area contributed by atoms with Gasteiger partial charge in [-0.2, -0.15) is 0 Å². The van der Waals surface area contributed by atoms with Gasteiger partial charge < -0.3 is 20.1 Å². The molecule has 1 aliphatic rings. The van der Waals surface area contributed by atoms with Crippen molar-refractivity contribution in [2.45, 2.75) is 51.9 Å². The summed E-state index contributed by atoms with van der Waals surface area (Å²) in [6.45, 7) is 2.22. The van der Waals surface area contributed by atoms with Crippen LogP contribution in [0.2, 0.25) is 0 Å². The maximum absolute atomic E-state index is 12.9. The van der Waals surface area contributed by atoms with E-state index < -0.39 is 0 Å². The summed E-state index contributed by atoms with van der Waals surface area (Å²) < 4.78 is 11.0. The second kappa shape index (κ2) is 11.6. The molecule has 2 aromatic rings.